The number of non-ortho nitro benzene ring substituents is 1. The molecule has 98 valence electrons. The molecule has 1 heterocycles. The van der Waals surface area contributed by atoms with E-state index in [4.69, 9.17) is 0 Å². The maximum Gasteiger partial charge on any atom is 0.271 e. The lowest BCUT2D eigenvalue weighted by Gasteiger charge is -2.02. The molecule has 0 atom stereocenters. The number of benzene rings is 1. The number of carbonyl (C=O) groups is 1. The summed E-state index contributed by atoms with van der Waals surface area (Å²) in [6.07, 6.45) is 3.07. The van der Waals surface area contributed by atoms with Gasteiger partial charge in [-0.15, -0.1) is 0 Å². The molecule has 0 aliphatic heterocycles. The summed E-state index contributed by atoms with van der Waals surface area (Å²) >= 11 is 0. The van der Waals surface area contributed by atoms with Gasteiger partial charge in [0, 0.05) is 30.6 Å². The Morgan fingerprint density at radius 3 is 2.95 bits per heavy atom. The summed E-state index contributed by atoms with van der Waals surface area (Å²) in [4.78, 5) is 22.0. The van der Waals surface area contributed by atoms with E-state index in [1.54, 1.807) is 16.9 Å². The minimum absolute atomic E-state index is 0.0675. The Morgan fingerprint density at radius 2 is 2.32 bits per heavy atom. The molecule has 1 N–H and O–H groups in total. The number of nitro groups is 1. The van der Waals surface area contributed by atoms with Gasteiger partial charge in [-0.1, -0.05) is 6.07 Å². The Balaban J connectivity index is 2.14. The van der Waals surface area contributed by atoms with Crippen LogP contribution in [0.1, 0.15) is 17.3 Å². The quantitative estimate of drug-likeness (QED) is 0.673. The predicted octanol–water partition coefficient (Wildman–Crippen LogP) is 2.06. The van der Waals surface area contributed by atoms with Crippen molar-refractivity contribution in [1.29, 1.82) is 0 Å². The molecule has 0 spiro atoms. The molecule has 1 aromatic carbocycles. The predicted molar refractivity (Wildman–Crippen MR) is 69.0 cm³/mol. The maximum absolute atomic E-state index is 11.9. The van der Waals surface area contributed by atoms with Crippen LogP contribution in [0.2, 0.25) is 0 Å². The molecule has 19 heavy (non-hydrogen) atoms. The van der Waals surface area contributed by atoms with Crippen molar-refractivity contribution in [3.63, 3.8) is 0 Å². The van der Waals surface area contributed by atoms with Crippen LogP contribution in [0, 0.1) is 10.1 Å². The summed E-state index contributed by atoms with van der Waals surface area (Å²) in [6, 6.07) is 5.78. The number of nitrogens with one attached hydrogen (secondary N) is 1. The van der Waals surface area contributed by atoms with E-state index in [2.05, 4.69) is 10.4 Å². The maximum atomic E-state index is 11.9. The first-order valence-electron chi connectivity index (χ1n) is 5.68. The second-order valence-corrected chi connectivity index (χ2v) is 3.85. The third-order valence-corrected chi connectivity index (χ3v) is 2.53. The first-order valence-corrected chi connectivity index (χ1v) is 5.68. The van der Waals surface area contributed by atoms with E-state index in [0.717, 1.165) is 0 Å². The Labute approximate surface area is 109 Å². The van der Waals surface area contributed by atoms with E-state index in [-0.39, 0.29) is 11.6 Å². The van der Waals surface area contributed by atoms with Gasteiger partial charge in [0.2, 0.25) is 0 Å². The number of hydrogen-bond donors (Lipinski definition) is 1. The van der Waals surface area contributed by atoms with Gasteiger partial charge in [0.05, 0.1) is 16.7 Å². The van der Waals surface area contributed by atoms with Crippen LogP contribution < -0.4 is 5.32 Å². The Morgan fingerprint density at radius 1 is 1.53 bits per heavy atom. The van der Waals surface area contributed by atoms with Gasteiger partial charge < -0.3 is 5.32 Å². The molecule has 0 saturated heterocycles. The van der Waals surface area contributed by atoms with E-state index in [1.807, 2.05) is 6.92 Å². The fourth-order valence-corrected chi connectivity index (χ4v) is 1.55. The van der Waals surface area contributed by atoms with E-state index in [0.29, 0.717) is 17.8 Å². The largest absolute Gasteiger partial charge is 0.322 e. The van der Waals surface area contributed by atoms with Crippen LogP contribution in [0.25, 0.3) is 0 Å². The van der Waals surface area contributed by atoms with Crippen LogP contribution in [-0.2, 0) is 6.54 Å². The van der Waals surface area contributed by atoms with Crippen molar-refractivity contribution in [1.82, 2.24) is 9.78 Å². The number of aryl methyl sites for hydroxylation is 1. The van der Waals surface area contributed by atoms with Gasteiger partial charge in [-0.3, -0.25) is 19.6 Å². The van der Waals surface area contributed by atoms with Crippen LogP contribution in [0.15, 0.2) is 36.7 Å². The number of rotatable bonds is 4. The van der Waals surface area contributed by atoms with Crippen LogP contribution in [0.4, 0.5) is 11.4 Å². The summed E-state index contributed by atoms with van der Waals surface area (Å²) in [7, 11) is 0. The molecule has 0 bridgehead atoms. The molecule has 1 aromatic heterocycles. The summed E-state index contributed by atoms with van der Waals surface area (Å²) in [5.41, 5.74) is 0.721. The van der Waals surface area contributed by atoms with Gasteiger partial charge in [-0.05, 0) is 13.0 Å². The summed E-state index contributed by atoms with van der Waals surface area (Å²) in [5, 5.41) is 17.2. The summed E-state index contributed by atoms with van der Waals surface area (Å²) < 4.78 is 1.63. The highest BCUT2D eigenvalue weighted by molar-refractivity contribution is 6.04. The van der Waals surface area contributed by atoms with Crippen molar-refractivity contribution in [2.75, 3.05) is 5.32 Å². The number of anilines is 1. The Kier molecular flexibility index (Phi) is 3.56. The van der Waals surface area contributed by atoms with Crippen molar-refractivity contribution < 1.29 is 9.72 Å². The van der Waals surface area contributed by atoms with Crippen molar-refractivity contribution in [3.05, 3.63) is 52.3 Å². The fraction of sp³-hybridized carbons (Fsp3) is 0.167. The van der Waals surface area contributed by atoms with Crippen LogP contribution in [0.3, 0.4) is 0 Å². The molecule has 0 aliphatic rings. The monoisotopic (exact) mass is 260 g/mol. The first kappa shape index (κ1) is 12.7. The number of amides is 1. The zero-order valence-corrected chi connectivity index (χ0v) is 10.2. The second kappa shape index (κ2) is 5.30. The lowest BCUT2D eigenvalue weighted by molar-refractivity contribution is -0.384. The molecule has 0 saturated carbocycles. The van der Waals surface area contributed by atoms with Gasteiger partial charge in [0.15, 0.2) is 0 Å². The van der Waals surface area contributed by atoms with Crippen molar-refractivity contribution in [2.24, 2.45) is 0 Å². The third kappa shape index (κ3) is 2.95. The zero-order chi connectivity index (χ0) is 13.8. The van der Waals surface area contributed by atoms with Gasteiger partial charge in [-0.25, -0.2) is 0 Å². The molecule has 2 aromatic rings. The highest BCUT2D eigenvalue weighted by atomic mass is 16.6. The smallest absolute Gasteiger partial charge is 0.271 e. The van der Waals surface area contributed by atoms with Crippen molar-refractivity contribution in [3.8, 4) is 0 Å². The molecule has 0 unspecified atom stereocenters. The highest BCUT2D eigenvalue weighted by Gasteiger charge is 2.11. The second-order valence-electron chi connectivity index (χ2n) is 3.85. The van der Waals surface area contributed by atoms with Crippen LogP contribution in [0.5, 0.6) is 0 Å². The van der Waals surface area contributed by atoms with Gasteiger partial charge in [-0.2, -0.15) is 5.10 Å². The molecular weight excluding hydrogens is 248 g/mol. The molecule has 0 radical (unpaired) electrons. The molecule has 0 aliphatic carbocycles. The topological polar surface area (TPSA) is 90.1 Å². The summed E-state index contributed by atoms with van der Waals surface area (Å²) in [6.45, 7) is 2.58. The van der Waals surface area contributed by atoms with Gasteiger partial charge >= 0.3 is 0 Å². The molecular formula is C12H12N4O3. The van der Waals surface area contributed by atoms with Crippen LogP contribution >= 0.6 is 0 Å². The number of nitro benzene ring substituents is 1. The number of hydrogen-bond acceptors (Lipinski definition) is 4. The van der Waals surface area contributed by atoms with Gasteiger partial charge in [0.25, 0.3) is 11.6 Å². The average molecular weight is 260 g/mol. The number of aromatic nitrogens is 2. The minimum atomic E-state index is -0.509. The standard InChI is InChI=1S/C12H12N4O3/c1-2-15-8-9(7-13-15)12(17)14-10-4-3-5-11(6-10)16(18)19/h3-8H,2H2,1H3,(H,14,17). The fourth-order valence-electron chi connectivity index (χ4n) is 1.55. The van der Waals surface area contributed by atoms with E-state index in [1.165, 1.54) is 24.4 Å². The summed E-state index contributed by atoms with van der Waals surface area (Å²) in [5.74, 6) is -0.347. The van der Waals surface area contributed by atoms with E-state index >= 15 is 0 Å². The molecule has 7 nitrogen and oxygen atoms in total. The Bertz CT molecular complexity index is 621. The number of carbonyl (C=O) groups excluding carboxylic acids is 1. The van der Waals surface area contributed by atoms with E-state index < -0.39 is 4.92 Å². The average Bonchev–Trinajstić information content (AvgIpc) is 2.88. The highest BCUT2D eigenvalue weighted by Crippen LogP contribution is 2.17. The number of nitrogens with zero attached hydrogens (tertiary/aromatic N) is 3. The first-order chi connectivity index (χ1) is 9.10. The van der Waals surface area contributed by atoms with Gasteiger partial charge in [0.1, 0.15) is 0 Å². The lowest BCUT2D eigenvalue weighted by Crippen LogP contribution is -2.11. The molecule has 0 fully saturated rings. The molecule has 1 amide bonds. The molecule has 7 heteroatoms. The SMILES string of the molecule is CCn1cc(C(=O)Nc2cccc([N+](=O)[O-])c2)cn1. The molecule has 2 rings (SSSR count). The Hall–Kier alpha value is -2.70. The van der Waals surface area contributed by atoms with Crippen molar-refractivity contribution in [2.45, 2.75) is 13.5 Å². The minimum Gasteiger partial charge on any atom is -0.322 e. The van der Waals surface area contributed by atoms with Crippen molar-refractivity contribution >= 4 is 17.3 Å². The normalized spacial score (nSPS) is 10.2. The lowest BCUT2D eigenvalue weighted by atomic mass is 10.2. The zero-order valence-electron chi connectivity index (χ0n) is 10.2. The van der Waals surface area contributed by atoms with E-state index in [9.17, 15) is 14.9 Å². The third-order valence-electron chi connectivity index (χ3n) is 2.53. The van der Waals surface area contributed by atoms with Crippen LogP contribution in [-0.4, -0.2) is 20.6 Å².